The first-order valence-corrected chi connectivity index (χ1v) is 7.52. The van der Waals surface area contributed by atoms with E-state index in [1.807, 2.05) is 0 Å². The zero-order valence-corrected chi connectivity index (χ0v) is 12.8. The molecular formula is C14H23N3O5. The van der Waals surface area contributed by atoms with E-state index in [0.717, 1.165) is 24.3 Å². The highest BCUT2D eigenvalue weighted by Crippen LogP contribution is 2.35. The summed E-state index contributed by atoms with van der Waals surface area (Å²) in [6.45, 7) is 1.60. The van der Waals surface area contributed by atoms with Crippen molar-refractivity contribution in [3.05, 3.63) is 0 Å². The second kappa shape index (κ2) is 7.06. The Morgan fingerprint density at radius 2 is 2.14 bits per heavy atom. The van der Waals surface area contributed by atoms with E-state index in [9.17, 15) is 14.4 Å². The Morgan fingerprint density at radius 1 is 1.45 bits per heavy atom. The lowest BCUT2D eigenvalue weighted by Crippen LogP contribution is -2.48. The summed E-state index contributed by atoms with van der Waals surface area (Å²) >= 11 is 0. The molecule has 2 saturated heterocycles. The summed E-state index contributed by atoms with van der Waals surface area (Å²) < 4.78 is 5.78. The van der Waals surface area contributed by atoms with Gasteiger partial charge in [0.05, 0.1) is 12.2 Å². The molecule has 2 rings (SSSR count). The van der Waals surface area contributed by atoms with Crippen molar-refractivity contribution in [3.63, 3.8) is 0 Å². The number of aldehydes is 1. The van der Waals surface area contributed by atoms with E-state index in [2.05, 4.69) is 0 Å². The Labute approximate surface area is 129 Å². The van der Waals surface area contributed by atoms with E-state index in [-0.39, 0.29) is 24.5 Å². The number of hydrogen-bond donors (Lipinski definition) is 1. The Morgan fingerprint density at radius 3 is 2.68 bits per heavy atom. The minimum atomic E-state index is -0.556. The lowest BCUT2D eigenvalue weighted by atomic mass is 9.88. The van der Waals surface area contributed by atoms with Gasteiger partial charge in [0.25, 0.3) is 5.91 Å². The second-order valence-corrected chi connectivity index (χ2v) is 5.90. The molecule has 0 radical (unpaired) electrons. The number of hydrogen-bond acceptors (Lipinski definition) is 6. The van der Waals surface area contributed by atoms with Crippen molar-refractivity contribution in [3.8, 4) is 0 Å². The Bertz CT molecular complexity index is 434. The van der Waals surface area contributed by atoms with E-state index in [0.29, 0.717) is 26.0 Å². The highest BCUT2D eigenvalue weighted by molar-refractivity contribution is 5.79. The van der Waals surface area contributed by atoms with E-state index in [1.54, 1.807) is 4.90 Å². The molecule has 0 aromatic rings. The van der Waals surface area contributed by atoms with Gasteiger partial charge >= 0.3 is 6.09 Å². The van der Waals surface area contributed by atoms with Crippen LogP contribution in [0.4, 0.5) is 4.79 Å². The van der Waals surface area contributed by atoms with Crippen LogP contribution < -0.4 is 5.73 Å². The molecule has 1 spiro atoms. The molecule has 8 heteroatoms. The van der Waals surface area contributed by atoms with Crippen LogP contribution in [-0.4, -0.2) is 66.6 Å². The fraction of sp³-hybridized carbons (Fsp3) is 0.786. The third-order valence-electron chi connectivity index (χ3n) is 4.21. The van der Waals surface area contributed by atoms with Crippen molar-refractivity contribution in [2.75, 3.05) is 26.7 Å². The molecule has 2 N–H and O–H groups in total. The van der Waals surface area contributed by atoms with Crippen molar-refractivity contribution in [1.29, 1.82) is 0 Å². The second-order valence-electron chi connectivity index (χ2n) is 5.90. The molecule has 0 bridgehead atoms. The molecule has 0 aromatic carbocycles. The minimum absolute atomic E-state index is 0.0299. The topological polar surface area (TPSA) is 102 Å². The number of amides is 2. The zero-order chi connectivity index (χ0) is 16.2. The van der Waals surface area contributed by atoms with Gasteiger partial charge in [-0.3, -0.25) is 4.79 Å². The molecular weight excluding hydrogens is 290 g/mol. The lowest BCUT2D eigenvalue weighted by Gasteiger charge is -2.38. The molecule has 124 valence electrons. The van der Waals surface area contributed by atoms with Crippen LogP contribution in [0.2, 0.25) is 0 Å². The van der Waals surface area contributed by atoms with E-state index in [4.69, 9.17) is 15.3 Å². The van der Waals surface area contributed by atoms with Gasteiger partial charge < -0.3 is 25.0 Å². The average molecular weight is 313 g/mol. The van der Waals surface area contributed by atoms with Crippen LogP contribution >= 0.6 is 0 Å². The van der Waals surface area contributed by atoms with Crippen LogP contribution in [0.5, 0.6) is 0 Å². The molecule has 2 heterocycles. The Kier molecular flexibility index (Phi) is 5.36. The van der Waals surface area contributed by atoms with Crippen LogP contribution in [0.25, 0.3) is 0 Å². The van der Waals surface area contributed by atoms with Gasteiger partial charge in [-0.2, -0.15) is 5.06 Å². The van der Waals surface area contributed by atoms with Gasteiger partial charge in [-0.15, -0.1) is 0 Å². The maximum absolute atomic E-state index is 12.0. The molecule has 1 atom stereocenters. The first-order chi connectivity index (χ1) is 10.5. The van der Waals surface area contributed by atoms with Gasteiger partial charge in [-0.1, -0.05) is 0 Å². The maximum atomic E-state index is 12.0. The number of carbonyl (C=O) groups excluding carboxylic acids is 3. The van der Waals surface area contributed by atoms with Crippen molar-refractivity contribution >= 4 is 18.3 Å². The quantitative estimate of drug-likeness (QED) is 0.584. The predicted octanol–water partition coefficient (Wildman–Crippen LogP) is 0.0577. The fourth-order valence-electron chi connectivity index (χ4n) is 2.89. The maximum Gasteiger partial charge on any atom is 0.434 e. The Balaban J connectivity index is 1.77. The summed E-state index contributed by atoms with van der Waals surface area (Å²) in [5.74, 6) is -0.404. The van der Waals surface area contributed by atoms with Crippen LogP contribution in [-0.2, 0) is 19.2 Å². The van der Waals surface area contributed by atoms with Crippen LogP contribution in [0.1, 0.15) is 32.1 Å². The number of likely N-dealkylation sites (tertiary alicyclic amines) is 1. The summed E-state index contributed by atoms with van der Waals surface area (Å²) in [4.78, 5) is 40.4. The number of nitrogens with two attached hydrogens (primary N) is 1. The largest absolute Gasteiger partial charge is 0.434 e. The summed E-state index contributed by atoms with van der Waals surface area (Å²) in [6.07, 6.45) is 2.51. The Hall–Kier alpha value is -1.67. The third kappa shape index (κ3) is 3.95. The zero-order valence-electron chi connectivity index (χ0n) is 12.8. The summed E-state index contributed by atoms with van der Waals surface area (Å²) in [5, 5.41) is 0.887. The van der Waals surface area contributed by atoms with Gasteiger partial charge in [0.15, 0.2) is 0 Å². The summed E-state index contributed by atoms with van der Waals surface area (Å²) in [7, 11) is 1.37. The molecule has 1 unspecified atom stereocenters. The normalized spacial score (nSPS) is 23.4. The van der Waals surface area contributed by atoms with Gasteiger partial charge in [-0.25, -0.2) is 4.79 Å². The number of hydroxylamine groups is 2. The van der Waals surface area contributed by atoms with E-state index < -0.39 is 12.0 Å². The van der Waals surface area contributed by atoms with Gasteiger partial charge in [-0.05, 0) is 19.3 Å². The van der Waals surface area contributed by atoms with Crippen molar-refractivity contribution in [2.24, 2.45) is 5.73 Å². The minimum Gasteiger partial charge on any atom is -0.373 e. The number of ether oxygens (including phenoxy) is 1. The van der Waals surface area contributed by atoms with E-state index >= 15 is 0 Å². The molecule has 0 aromatic heterocycles. The number of nitrogens with zero attached hydrogens (tertiary/aromatic N) is 2. The summed E-state index contributed by atoms with van der Waals surface area (Å²) in [5.41, 5.74) is 5.67. The highest BCUT2D eigenvalue weighted by Gasteiger charge is 2.42. The van der Waals surface area contributed by atoms with Crippen molar-refractivity contribution < 1.29 is 24.0 Å². The standard InChI is InChI=1S/C14H23N3O5/c1-16(12(19)3-2-8-18)22-13(20)17-6-4-14(5-7-17)9-11(15)10-21-14/h8,11H,2-7,9-10,15H2,1H3. The number of piperidine rings is 1. The third-order valence-corrected chi connectivity index (χ3v) is 4.21. The summed E-state index contributed by atoms with van der Waals surface area (Å²) in [6, 6.07) is 0.0695. The molecule has 22 heavy (non-hydrogen) atoms. The monoisotopic (exact) mass is 313 g/mol. The molecule has 0 aliphatic carbocycles. The molecule has 2 aliphatic rings. The average Bonchev–Trinajstić information content (AvgIpc) is 2.86. The lowest BCUT2D eigenvalue weighted by molar-refractivity contribution is -0.163. The number of rotatable bonds is 3. The molecule has 2 fully saturated rings. The molecule has 2 amide bonds. The van der Waals surface area contributed by atoms with Crippen molar-refractivity contribution in [1.82, 2.24) is 9.96 Å². The first-order valence-electron chi connectivity index (χ1n) is 7.52. The van der Waals surface area contributed by atoms with Crippen LogP contribution in [0.15, 0.2) is 0 Å². The fourth-order valence-corrected chi connectivity index (χ4v) is 2.89. The number of carbonyl (C=O) groups is 3. The van der Waals surface area contributed by atoms with Gasteiger partial charge in [0.2, 0.25) is 0 Å². The van der Waals surface area contributed by atoms with E-state index in [1.165, 1.54) is 7.05 Å². The molecule has 0 saturated carbocycles. The smallest absolute Gasteiger partial charge is 0.373 e. The molecule has 8 nitrogen and oxygen atoms in total. The van der Waals surface area contributed by atoms with Crippen molar-refractivity contribution in [2.45, 2.75) is 43.7 Å². The van der Waals surface area contributed by atoms with Crippen LogP contribution in [0.3, 0.4) is 0 Å². The van der Waals surface area contributed by atoms with Crippen LogP contribution in [0, 0.1) is 0 Å². The first kappa shape index (κ1) is 16.7. The van der Waals surface area contributed by atoms with Gasteiger partial charge in [0, 0.05) is 39.0 Å². The SMILES string of the molecule is CN(OC(=O)N1CCC2(CC1)CC(N)CO2)C(=O)CCC=O. The molecule has 2 aliphatic heterocycles. The highest BCUT2D eigenvalue weighted by atomic mass is 16.7. The predicted molar refractivity (Wildman–Crippen MR) is 76.6 cm³/mol. The van der Waals surface area contributed by atoms with Gasteiger partial charge in [0.1, 0.15) is 6.29 Å².